The van der Waals surface area contributed by atoms with Crippen LogP contribution in [0.3, 0.4) is 0 Å². The van der Waals surface area contributed by atoms with Crippen LogP contribution >= 0.6 is 11.8 Å². The van der Waals surface area contributed by atoms with Crippen molar-refractivity contribution < 1.29 is 18.8 Å². The molecule has 7 heteroatoms. The number of amides is 1. The Morgan fingerprint density at radius 3 is 2.86 bits per heavy atom. The van der Waals surface area contributed by atoms with Crippen LogP contribution in [0.2, 0.25) is 0 Å². The molecule has 22 heavy (non-hydrogen) atoms. The minimum Gasteiger partial charge on any atom is -0.490 e. The van der Waals surface area contributed by atoms with E-state index in [4.69, 9.17) is 14.0 Å². The van der Waals surface area contributed by atoms with E-state index in [2.05, 4.69) is 10.5 Å². The van der Waals surface area contributed by atoms with Gasteiger partial charge in [-0.05, 0) is 25.1 Å². The number of aromatic nitrogens is 1. The molecule has 0 bridgehead atoms. The summed E-state index contributed by atoms with van der Waals surface area (Å²) < 4.78 is 16.1. The van der Waals surface area contributed by atoms with Gasteiger partial charge in [0.2, 0.25) is 5.91 Å². The third kappa shape index (κ3) is 3.73. The Morgan fingerprint density at radius 1 is 1.27 bits per heavy atom. The van der Waals surface area contributed by atoms with E-state index < -0.39 is 0 Å². The molecule has 3 rings (SSSR count). The summed E-state index contributed by atoms with van der Waals surface area (Å²) in [5.74, 6) is 2.73. The lowest BCUT2D eigenvalue weighted by Crippen LogP contribution is -2.14. The smallest absolute Gasteiger partial charge is 0.235 e. The average Bonchev–Trinajstić information content (AvgIpc) is 2.78. The summed E-state index contributed by atoms with van der Waals surface area (Å²) in [7, 11) is 0. The van der Waals surface area contributed by atoms with Gasteiger partial charge in [-0.15, -0.1) is 11.8 Å². The number of nitrogens with one attached hydrogen (secondary N) is 1. The first-order valence-corrected chi connectivity index (χ1v) is 7.95. The van der Waals surface area contributed by atoms with E-state index in [0.717, 1.165) is 22.8 Å². The van der Waals surface area contributed by atoms with Gasteiger partial charge < -0.3 is 19.3 Å². The summed E-state index contributed by atoms with van der Waals surface area (Å²) in [5, 5.41) is 6.41. The highest BCUT2D eigenvalue weighted by Gasteiger charge is 2.12. The zero-order valence-corrected chi connectivity index (χ0v) is 12.9. The van der Waals surface area contributed by atoms with Crippen molar-refractivity contribution in [3.63, 3.8) is 0 Å². The fraction of sp³-hybridized carbons (Fsp3) is 0.333. The van der Waals surface area contributed by atoms with Crippen LogP contribution in [0.25, 0.3) is 0 Å². The summed E-state index contributed by atoms with van der Waals surface area (Å²) in [6, 6.07) is 7.38. The number of thioether (sulfide) groups is 1. The molecule has 0 saturated heterocycles. The SMILES string of the molecule is Cc1cc(NC(=O)CSc2ccc3c(c2)OCCCO3)no1. The third-order valence-corrected chi connectivity index (χ3v) is 3.98. The second kappa shape index (κ2) is 6.74. The van der Waals surface area contributed by atoms with Gasteiger partial charge in [0.05, 0.1) is 19.0 Å². The normalized spacial score (nSPS) is 13.5. The van der Waals surface area contributed by atoms with E-state index in [9.17, 15) is 4.79 Å². The Kier molecular flexibility index (Phi) is 4.53. The molecule has 1 amide bonds. The summed E-state index contributed by atoms with van der Waals surface area (Å²) in [4.78, 5) is 12.8. The van der Waals surface area contributed by atoms with Gasteiger partial charge in [-0.3, -0.25) is 4.79 Å². The van der Waals surface area contributed by atoms with Crippen LogP contribution < -0.4 is 14.8 Å². The maximum absolute atomic E-state index is 11.9. The molecule has 0 saturated carbocycles. The highest BCUT2D eigenvalue weighted by molar-refractivity contribution is 8.00. The second-order valence-electron chi connectivity index (χ2n) is 4.82. The van der Waals surface area contributed by atoms with Gasteiger partial charge in [-0.25, -0.2) is 0 Å². The first-order valence-electron chi connectivity index (χ1n) is 6.96. The molecule has 0 atom stereocenters. The van der Waals surface area contributed by atoms with Crippen molar-refractivity contribution in [1.82, 2.24) is 5.16 Å². The molecule has 0 radical (unpaired) electrons. The molecule has 1 aliphatic heterocycles. The lowest BCUT2D eigenvalue weighted by molar-refractivity contribution is -0.113. The zero-order valence-electron chi connectivity index (χ0n) is 12.1. The van der Waals surface area contributed by atoms with Crippen LogP contribution in [-0.2, 0) is 4.79 Å². The Morgan fingerprint density at radius 2 is 2.09 bits per heavy atom. The minimum atomic E-state index is -0.134. The van der Waals surface area contributed by atoms with Crippen LogP contribution in [0.1, 0.15) is 12.2 Å². The van der Waals surface area contributed by atoms with E-state index in [0.29, 0.717) is 24.8 Å². The third-order valence-electron chi connectivity index (χ3n) is 2.98. The number of ether oxygens (including phenoxy) is 2. The number of rotatable bonds is 4. The lowest BCUT2D eigenvalue weighted by atomic mass is 10.3. The highest BCUT2D eigenvalue weighted by atomic mass is 32.2. The standard InChI is InChI=1S/C15H16N2O4S/c1-10-7-14(17-21-10)16-15(18)9-22-11-3-4-12-13(8-11)20-6-2-5-19-12/h3-4,7-8H,2,5-6,9H2,1H3,(H,16,17,18). The molecular weight excluding hydrogens is 304 g/mol. The number of carbonyl (C=O) groups excluding carboxylic acids is 1. The van der Waals surface area contributed by atoms with Crippen LogP contribution in [0.5, 0.6) is 11.5 Å². The number of anilines is 1. The van der Waals surface area contributed by atoms with Crippen molar-refractivity contribution in [3.8, 4) is 11.5 Å². The van der Waals surface area contributed by atoms with Gasteiger partial charge in [0.15, 0.2) is 17.3 Å². The van der Waals surface area contributed by atoms with Crippen molar-refractivity contribution in [3.05, 3.63) is 30.0 Å². The monoisotopic (exact) mass is 320 g/mol. The Hall–Kier alpha value is -2.15. The molecule has 1 aromatic carbocycles. The van der Waals surface area contributed by atoms with E-state index in [1.54, 1.807) is 13.0 Å². The van der Waals surface area contributed by atoms with Gasteiger partial charge >= 0.3 is 0 Å². The van der Waals surface area contributed by atoms with E-state index in [1.807, 2.05) is 18.2 Å². The zero-order chi connectivity index (χ0) is 15.4. The predicted octanol–water partition coefficient (Wildman–Crippen LogP) is 2.88. The molecular formula is C15H16N2O4S. The molecule has 6 nitrogen and oxygen atoms in total. The molecule has 0 spiro atoms. The molecule has 1 N–H and O–H groups in total. The van der Waals surface area contributed by atoms with Crippen LogP contribution in [0, 0.1) is 6.92 Å². The average molecular weight is 320 g/mol. The Bertz CT molecular complexity index is 671. The van der Waals surface area contributed by atoms with Crippen molar-refractivity contribution in [1.29, 1.82) is 0 Å². The summed E-state index contributed by atoms with van der Waals surface area (Å²) in [6.07, 6.45) is 0.872. The summed E-state index contributed by atoms with van der Waals surface area (Å²) >= 11 is 1.43. The van der Waals surface area contributed by atoms with Crippen molar-refractivity contribution in [2.45, 2.75) is 18.2 Å². The topological polar surface area (TPSA) is 73.6 Å². The number of fused-ring (bicyclic) bond motifs is 1. The predicted molar refractivity (Wildman–Crippen MR) is 82.6 cm³/mol. The van der Waals surface area contributed by atoms with Gasteiger partial charge in [-0.2, -0.15) is 0 Å². The number of aryl methyl sites for hydroxylation is 1. The Balaban J connectivity index is 1.57. The van der Waals surface area contributed by atoms with Crippen molar-refractivity contribution in [2.24, 2.45) is 0 Å². The van der Waals surface area contributed by atoms with E-state index in [-0.39, 0.29) is 11.7 Å². The lowest BCUT2D eigenvalue weighted by Gasteiger charge is -2.09. The number of hydrogen-bond acceptors (Lipinski definition) is 6. The highest BCUT2D eigenvalue weighted by Crippen LogP contribution is 2.33. The summed E-state index contributed by atoms with van der Waals surface area (Å²) in [5.41, 5.74) is 0. The molecule has 2 heterocycles. The van der Waals surface area contributed by atoms with Gasteiger partial charge in [0, 0.05) is 17.4 Å². The largest absolute Gasteiger partial charge is 0.490 e. The number of benzene rings is 1. The number of carbonyl (C=O) groups is 1. The quantitative estimate of drug-likeness (QED) is 0.873. The maximum Gasteiger partial charge on any atom is 0.235 e. The Labute approximate surface area is 132 Å². The minimum absolute atomic E-state index is 0.134. The van der Waals surface area contributed by atoms with E-state index >= 15 is 0 Å². The van der Waals surface area contributed by atoms with Crippen LogP contribution in [-0.4, -0.2) is 30.0 Å². The second-order valence-corrected chi connectivity index (χ2v) is 5.87. The van der Waals surface area contributed by atoms with Crippen molar-refractivity contribution >= 4 is 23.5 Å². The fourth-order valence-corrected chi connectivity index (χ4v) is 2.71. The van der Waals surface area contributed by atoms with Crippen LogP contribution in [0.15, 0.2) is 33.7 Å². The van der Waals surface area contributed by atoms with Crippen molar-refractivity contribution in [2.75, 3.05) is 24.3 Å². The first-order chi connectivity index (χ1) is 10.7. The number of nitrogens with zero attached hydrogens (tertiary/aromatic N) is 1. The van der Waals surface area contributed by atoms with Gasteiger partial charge in [0.25, 0.3) is 0 Å². The maximum atomic E-state index is 11.9. The van der Waals surface area contributed by atoms with E-state index in [1.165, 1.54) is 11.8 Å². The molecule has 0 aliphatic carbocycles. The molecule has 1 aromatic heterocycles. The summed E-state index contributed by atoms with van der Waals surface area (Å²) in [6.45, 7) is 3.08. The molecule has 2 aromatic rings. The molecule has 1 aliphatic rings. The van der Waals surface area contributed by atoms with Gasteiger partial charge in [-0.1, -0.05) is 5.16 Å². The molecule has 0 unspecified atom stereocenters. The molecule has 0 fully saturated rings. The number of hydrogen-bond donors (Lipinski definition) is 1. The first kappa shape index (κ1) is 14.8. The molecule has 116 valence electrons. The van der Waals surface area contributed by atoms with Gasteiger partial charge in [0.1, 0.15) is 5.76 Å². The van der Waals surface area contributed by atoms with Crippen LogP contribution in [0.4, 0.5) is 5.82 Å². The fourth-order valence-electron chi connectivity index (χ4n) is 1.99.